The molecule has 0 heterocycles. The number of benzene rings is 6. The average molecular weight is 809 g/mol. The topological polar surface area (TPSA) is 0 Å². The predicted octanol–water partition coefficient (Wildman–Crippen LogP) is 19.9. The first-order chi connectivity index (χ1) is 30.0. The Labute approximate surface area is 372 Å². The van der Waals surface area contributed by atoms with Crippen LogP contribution in [-0.2, 0) is 6.42 Å². The van der Waals surface area contributed by atoms with Gasteiger partial charge in [0.1, 0.15) is 0 Å². The zero-order valence-corrected chi connectivity index (χ0v) is 40.3. The molecule has 0 saturated heterocycles. The quantitative estimate of drug-likeness (QED) is 0.128. The predicted molar refractivity (Wildman–Crippen MR) is 282 cm³/mol. The number of hydrogen-bond acceptors (Lipinski definition) is 0. The zero-order chi connectivity index (χ0) is 45.3. The minimum atomic E-state index is 1.02. The smallest absolute Gasteiger partial charge is 0.00297 e. The van der Waals surface area contributed by atoms with Crippen LogP contribution in [0.1, 0.15) is 126 Å². The highest BCUT2D eigenvalue weighted by atomic mass is 14.3. The molecule has 0 amide bonds. The number of fused-ring (bicyclic) bond motifs is 3. The molecule has 0 unspecified atom stereocenters. The van der Waals surface area contributed by atoms with E-state index in [2.05, 4.69) is 186 Å². The van der Waals surface area contributed by atoms with E-state index in [-0.39, 0.29) is 0 Å². The molecule has 0 heteroatoms. The molecule has 0 radical (unpaired) electrons. The molecule has 0 aromatic heterocycles. The molecule has 0 N–H and O–H groups in total. The SMILES string of the molecule is C=CC(=C\C)/C(C)=C/C(=C\C=C(/C)CC)c1ccc(-c2c3c(c(-c4cccc5c(-c6ccccc6)cccc45)c4ccccc24)CCC=C3)cc1.CC.CC.CC.CC.CC. The molecule has 7 rings (SSSR count). The highest BCUT2D eigenvalue weighted by Gasteiger charge is 2.23. The Morgan fingerprint density at radius 1 is 0.574 bits per heavy atom. The lowest BCUT2D eigenvalue weighted by molar-refractivity contribution is 0.992. The summed E-state index contributed by atoms with van der Waals surface area (Å²) in [5.74, 6) is 0. The van der Waals surface area contributed by atoms with E-state index in [0.29, 0.717) is 0 Å². The van der Waals surface area contributed by atoms with Crippen molar-refractivity contribution in [2.75, 3.05) is 0 Å². The maximum absolute atomic E-state index is 4.04. The van der Waals surface area contributed by atoms with Crippen LogP contribution in [0.15, 0.2) is 175 Å². The van der Waals surface area contributed by atoms with E-state index in [4.69, 9.17) is 0 Å². The van der Waals surface area contributed by atoms with Crippen molar-refractivity contribution in [3.63, 3.8) is 0 Å². The molecule has 0 spiro atoms. The standard InChI is InChI=1S/C51H46.5C2H6/c1-6-35(4)28-29-41(34-36(5)37(7-2)8-3)38-30-32-40(33-31-38)50-46-20-12-14-22-48(46)51(49-23-15-13-21-47(49)50)45-27-17-25-43-42(24-16-26-44(43)45)39-18-10-9-11-19-39;5*1-2/h7-14,16-22,24-34H,2,6,15,23H2,1,3-5H3;5*1-2H3/b35-28+,36-34+,37-8+,41-29+;;;;;. The Balaban J connectivity index is 0.00000120. The first-order valence-electron chi connectivity index (χ1n) is 23.3. The molecule has 1 aliphatic carbocycles. The molecular formula is C61H76. The summed E-state index contributed by atoms with van der Waals surface area (Å²) in [7, 11) is 0. The van der Waals surface area contributed by atoms with Crippen molar-refractivity contribution in [3.05, 3.63) is 192 Å². The first-order valence-corrected chi connectivity index (χ1v) is 23.3. The van der Waals surface area contributed by atoms with Gasteiger partial charge < -0.3 is 0 Å². The molecule has 0 atom stereocenters. The summed E-state index contributed by atoms with van der Waals surface area (Å²) in [6.07, 6.45) is 18.7. The van der Waals surface area contributed by atoms with Crippen LogP contribution in [0.2, 0.25) is 0 Å². The Morgan fingerprint density at radius 2 is 1.11 bits per heavy atom. The molecule has 6 aromatic rings. The minimum absolute atomic E-state index is 1.02. The summed E-state index contributed by atoms with van der Waals surface area (Å²) >= 11 is 0. The van der Waals surface area contributed by atoms with Crippen molar-refractivity contribution < 1.29 is 0 Å². The van der Waals surface area contributed by atoms with Crippen molar-refractivity contribution in [1.29, 1.82) is 0 Å². The third kappa shape index (κ3) is 12.4. The highest BCUT2D eigenvalue weighted by Crippen LogP contribution is 2.47. The van der Waals surface area contributed by atoms with Crippen LogP contribution >= 0.6 is 0 Å². The zero-order valence-electron chi connectivity index (χ0n) is 40.3. The summed E-state index contributed by atoms with van der Waals surface area (Å²) in [5.41, 5.74) is 16.7. The third-order valence-corrected chi connectivity index (χ3v) is 10.5. The van der Waals surface area contributed by atoms with Crippen molar-refractivity contribution in [2.24, 2.45) is 0 Å². The van der Waals surface area contributed by atoms with Crippen LogP contribution in [-0.4, -0.2) is 0 Å². The second-order valence-electron chi connectivity index (χ2n) is 13.5. The van der Waals surface area contributed by atoms with E-state index in [0.717, 1.165) is 24.8 Å². The van der Waals surface area contributed by atoms with Gasteiger partial charge in [0.25, 0.3) is 0 Å². The van der Waals surface area contributed by atoms with Gasteiger partial charge >= 0.3 is 0 Å². The molecule has 0 bridgehead atoms. The average Bonchev–Trinajstić information content (AvgIpc) is 3.35. The second-order valence-corrected chi connectivity index (χ2v) is 13.5. The van der Waals surface area contributed by atoms with Gasteiger partial charge in [-0.05, 0) is 128 Å². The van der Waals surface area contributed by atoms with E-state index in [1.54, 1.807) is 0 Å². The van der Waals surface area contributed by atoms with Gasteiger partial charge in [-0.15, -0.1) is 0 Å². The van der Waals surface area contributed by atoms with Gasteiger partial charge in [-0.25, -0.2) is 0 Å². The Hall–Kier alpha value is -5.72. The molecule has 320 valence electrons. The fraction of sp³-hybridized carbons (Fsp3) is 0.279. The van der Waals surface area contributed by atoms with Crippen molar-refractivity contribution in [3.8, 4) is 33.4 Å². The Morgan fingerprint density at radius 3 is 1.69 bits per heavy atom. The van der Waals surface area contributed by atoms with Crippen LogP contribution in [0.4, 0.5) is 0 Å². The van der Waals surface area contributed by atoms with E-state index in [1.165, 1.54) is 88.3 Å². The molecule has 0 fully saturated rings. The van der Waals surface area contributed by atoms with E-state index in [1.807, 2.05) is 75.3 Å². The lowest BCUT2D eigenvalue weighted by Crippen LogP contribution is -2.03. The van der Waals surface area contributed by atoms with Gasteiger partial charge in [-0.1, -0.05) is 246 Å². The third-order valence-electron chi connectivity index (χ3n) is 10.5. The number of allylic oxidation sites excluding steroid dienone is 10. The Bertz CT molecular complexity index is 2400. The minimum Gasteiger partial charge on any atom is -0.0985 e. The summed E-state index contributed by atoms with van der Waals surface area (Å²) in [6, 6.07) is 42.6. The van der Waals surface area contributed by atoms with Gasteiger partial charge in [-0.3, -0.25) is 0 Å². The lowest BCUT2D eigenvalue weighted by Gasteiger charge is -2.24. The van der Waals surface area contributed by atoms with E-state index >= 15 is 0 Å². The highest BCUT2D eigenvalue weighted by molar-refractivity contribution is 6.15. The molecule has 0 nitrogen and oxygen atoms in total. The van der Waals surface area contributed by atoms with Crippen molar-refractivity contribution >= 4 is 33.2 Å². The maximum Gasteiger partial charge on any atom is -0.00297 e. The molecular weight excluding hydrogens is 733 g/mol. The fourth-order valence-corrected chi connectivity index (χ4v) is 7.63. The summed E-state index contributed by atoms with van der Waals surface area (Å²) in [5, 5.41) is 5.19. The summed E-state index contributed by atoms with van der Waals surface area (Å²) in [4.78, 5) is 0. The van der Waals surface area contributed by atoms with Gasteiger partial charge in [0.15, 0.2) is 0 Å². The van der Waals surface area contributed by atoms with Gasteiger partial charge in [0.05, 0.1) is 0 Å². The molecule has 61 heavy (non-hydrogen) atoms. The molecule has 0 aliphatic heterocycles. The van der Waals surface area contributed by atoms with Crippen LogP contribution in [0.25, 0.3) is 66.6 Å². The second kappa shape index (κ2) is 27.9. The van der Waals surface area contributed by atoms with Gasteiger partial charge in [0, 0.05) is 0 Å². The largest absolute Gasteiger partial charge is 0.0985 e. The lowest BCUT2D eigenvalue weighted by atomic mass is 9.79. The van der Waals surface area contributed by atoms with Crippen molar-refractivity contribution in [1.82, 2.24) is 0 Å². The number of rotatable bonds is 9. The van der Waals surface area contributed by atoms with Gasteiger partial charge in [-0.2, -0.15) is 0 Å². The van der Waals surface area contributed by atoms with Crippen LogP contribution in [0.5, 0.6) is 0 Å². The molecule has 1 aliphatic rings. The number of hydrogen-bond donors (Lipinski definition) is 0. The summed E-state index contributed by atoms with van der Waals surface area (Å²) in [6.45, 7) is 32.7. The van der Waals surface area contributed by atoms with Crippen LogP contribution < -0.4 is 0 Å². The summed E-state index contributed by atoms with van der Waals surface area (Å²) < 4.78 is 0. The Kier molecular flexibility index (Phi) is 23.5. The van der Waals surface area contributed by atoms with Crippen LogP contribution in [0, 0.1) is 0 Å². The fourth-order valence-electron chi connectivity index (χ4n) is 7.63. The molecule has 6 aromatic carbocycles. The van der Waals surface area contributed by atoms with E-state index < -0.39 is 0 Å². The van der Waals surface area contributed by atoms with Crippen molar-refractivity contribution in [2.45, 2.75) is 116 Å². The van der Waals surface area contributed by atoms with Crippen LogP contribution in [0.3, 0.4) is 0 Å². The molecule has 0 saturated carbocycles. The van der Waals surface area contributed by atoms with Gasteiger partial charge in [0.2, 0.25) is 0 Å². The maximum atomic E-state index is 4.04. The first kappa shape index (κ1) is 51.4. The van der Waals surface area contributed by atoms with E-state index in [9.17, 15) is 0 Å². The normalized spacial score (nSPS) is 12.1. The monoisotopic (exact) mass is 809 g/mol.